The average Bonchev–Trinajstić information content (AvgIpc) is 3.10. The Morgan fingerprint density at radius 3 is 2.71 bits per heavy atom. The van der Waals surface area contributed by atoms with Gasteiger partial charge in [-0.25, -0.2) is 0 Å². The largest absolute Gasteiger partial charge is 0.487 e. The van der Waals surface area contributed by atoms with Crippen LogP contribution in [0.3, 0.4) is 0 Å². The lowest BCUT2D eigenvalue weighted by atomic mass is 10.1. The quantitative estimate of drug-likeness (QED) is 0.489. The molecule has 1 N–H and O–H groups in total. The minimum atomic E-state index is -0.134. The van der Waals surface area contributed by atoms with Crippen LogP contribution in [0.5, 0.6) is 5.75 Å². The van der Waals surface area contributed by atoms with Gasteiger partial charge in [0.05, 0.1) is 16.2 Å². The second-order valence-electron chi connectivity index (χ2n) is 6.09. The summed E-state index contributed by atoms with van der Waals surface area (Å²) in [4.78, 5) is 12.3. The summed E-state index contributed by atoms with van der Waals surface area (Å²) in [5, 5.41) is 8.59. The molecular weight excluding hydrogens is 421 g/mol. The molecule has 3 rings (SSSR count). The van der Waals surface area contributed by atoms with Crippen LogP contribution >= 0.6 is 34.8 Å². The second-order valence-corrected chi connectivity index (χ2v) is 7.37. The Balaban J connectivity index is 1.49. The molecule has 0 atom stereocenters. The maximum absolute atomic E-state index is 12.3. The third-order valence-corrected chi connectivity index (χ3v) is 4.65. The van der Waals surface area contributed by atoms with Crippen molar-refractivity contribution in [2.75, 3.05) is 6.54 Å². The summed E-state index contributed by atoms with van der Waals surface area (Å²) in [5.41, 5.74) is 1.44. The number of carbonyl (C=O) groups is 1. The molecule has 0 fully saturated rings. The topological polar surface area (TPSA) is 56.2 Å². The highest BCUT2D eigenvalue weighted by molar-refractivity contribution is 6.35. The first-order valence-corrected chi connectivity index (χ1v) is 9.77. The fourth-order valence-corrected chi connectivity index (χ4v) is 3.18. The van der Waals surface area contributed by atoms with E-state index in [1.54, 1.807) is 47.4 Å². The predicted molar refractivity (Wildman–Crippen MR) is 111 cm³/mol. The number of nitrogens with zero attached hydrogens (tertiary/aromatic N) is 2. The first kappa shape index (κ1) is 20.5. The number of hydrogen-bond acceptors (Lipinski definition) is 3. The summed E-state index contributed by atoms with van der Waals surface area (Å²) in [5.74, 6) is 0.407. The maximum Gasteiger partial charge on any atom is 0.251 e. The van der Waals surface area contributed by atoms with Crippen LogP contribution in [0.15, 0.2) is 54.9 Å². The van der Waals surface area contributed by atoms with Gasteiger partial charge in [0.25, 0.3) is 5.91 Å². The fourth-order valence-electron chi connectivity index (χ4n) is 2.56. The van der Waals surface area contributed by atoms with Gasteiger partial charge in [-0.05, 0) is 42.3 Å². The van der Waals surface area contributed by atoms with E-state index < -0.39 is 0 Å². The highest BCUT2D eigenvalue weighted by Crippen LogP contribution is 2.28. The molecule has 8 heteroatoms. The molecule has 5 nitrogen and oxygen atoms in total. The number of ether oxygens (including phenoxy) is 1. The van der Waals surface area contributed by atoms with Gasteiger partial charge < -0.3 is 10.1 Å². The predicted octanol–water partition coefficient (Wildman–Crippen LogP) is 5.24. The van der Waals surface area contributed by atoms with Crippen molar-refractivity contribution < 1.29 is 9.53 Å². The highest BCUT2D eigenvalue weighted by atomic mass is 35.5. The number of hydrogen-bond donors (Lipinski definition) is 1. The third-order valence-electron chi connectivity index (χ3n) is 3.93. The van der Waals surface area contributed by atoms with Crippen LogP contribution in [-0.2, 0) is 13.2 Å². The molecule has 0 aliphatic rings. The molecule has 0 radical (unpaired) electrons. The molecule has 0 saturated heterocycles. The van der Waals surface area contributed by atoms with Crippen LogP contribution in [0.1, 0.15) is 22.3 Å². The minimum Gasteiger partial charge on any atom is -0.487 e. The summed E-state index contributed by atoms with van der Waals surface area (Å²) in [6.45, 7) is 1.52. The van der Waals surface area contributed by atoms with Gasteiger partial charge >= 0.3 is 0 Å². The molecule has 1 aromatic heterocycles. The Labute approximate surface area is 178 Å². The smallest absolute Gasteiger partial charge is 0.251 e. The van der Waals surface area contributed by atoms with Crippen LogP contribution in [0.25, 0.3) is 0 Å². The molecule has 1 heterocycles. The van der Waals surface area contributed by atoms with Gasteiger partial charge in [-0.2, -0.15) is 5.10 Å². The molecule has 2 aromatic carbocycles. The second kappa shape index (κ2) is 9.82. The van der Waals surface area contributed by atoms with Gasteiger partial charge in [0.2, 0.25) is 0 Å². The van der Waals surface area contributed by atoms with Gasteiger partial charge in [-0.3, -0.25) is 9.48 Å². The zero-order valence-electron chi connectivity index (χ0n) is 14.9. The Morgan fingerprint density at radius 2 is 1.96 bits per heavy atom. The zero-order chi connectivity index (χ0) is 19.9. The first-order chi connectivity index (χ1) is 13.5. The van der Waals surface area contributed by atoms with Gasteiger partial charge in [-0.1, -0.05) is 46.9 Å². The van der Waals surface area contributed by atoms with Crippen molar-refractivity contribution >= 4 is 40.7 Å². The fraction of sp³-hybridized carbons (Fsp3) is 0.200. The van der Waals surface area contributed by atoms with E-state index in [2.05, 4.69) is 10.4 Å². The monoisotopic (exact) mass is 437 g/mol. The van der Waals surface area contributed by atoms with E-state index >= 15 is 0 Å². The average molecular weight is 439 g/mol. The minimum absolute atomic E-state index is 0.134. The number of halogens is 3. The van der Waals surface area contributed by atoms with Crippen molar-refractivity contribution in [2.24, 2.45) is 0 Å². The Hall–Kier alpha value is -2.21. The molecule has 0 unspecified atom stereocenters. The summed E-state index contributed by atoms with van der Waals surface area (Å²) < 4.78 is 7.46. The highest BCUT2D eigenvalue weighted by Gasteiger charge is 2.08. The molecule has 0 aliphatic carbocycles. The van der Waals surface area contributed by atoms with Crippen LogP contribution in [-0.4, -0.2) is 22.2 Å². The molecule has 0 aliphatic heterocycles. The number of aromatic nitrogens is 2. The number of nitrogens with one attached hydrogen (secondary N) is 1. The van der Waals surface area contributed by atoms with Crippen molar-refractivity contribution in [3.05, 3.63) is 81.1 Å². The van der Waals surface area contributed by atoms with Crippen molar-refractivity contribution in [1.29, 1.82) is 0 Å². The van der Waals surface area contributed by atoms with E-state index in [-0.39, 0.29) is 5.91 Å². The summed E-state index contributed by atoms with van der Waals surface area (Å²) in [7, 11) is 0. The number of amides is 1. The first-order valence-electron chi connectivity index (χ1n) is 8.64. The van der Waals surface area contributed by atoms with E-state index in [0.717, 1.165) is 12.0 Å². The molecule has 0 bridgehead atoms. The normalized spacial score (nSPS) is 10.7. The Kier molecular flexibility index (Phi) is 7.20. The molecule has 0 saturated carbocycles. The zero-order valence-corrected chi connectivity index (χ0v) is 17.1. The number of benzene rings is 2. The van der Waals surface area contributed by atoms with Gasteiger partial charge in [0, 0.05) is 29.9 Å². The van der Waals surface area contributed by atoms with E-state index in [4.69, 9.17) is 39.5 Å². The van der Waals surface area contributed by atoms with Crippen LogP contribution in [0, 0.1) is 0 Å². The van der Waals surface area contributed by atoms with Gasteiger partial charge in [-0.15, -0.1) is 0 Å². The van der Waals surface area contributed by atoms with Crippen molar-refractivity contribution in [3.8, 4) is 5.75 Å². The van der Waals surface area contributed by atoms with Crippen molar-refractivity contribution in [3.63, 3.8) is 0 Å². The van der Waals surface area contributed by atoms with Crippen LogP contribution in [0.2, 0.25) is 15.1 Å². The Morgan fingerprint density at radius 1 is 1.11 bits per heavy atom. The van der Waals surface area contributed by atoms with Crippen molar-refractivity contribution in [1.82, 2.24) is 15.1 Å². The van der Waals surface area contributed by atoms with Gasteiger partial charge in [0.15, 0.2) is 0 Å². The van der Waals surface area contributed by atoms with Gasteiger partial charge in [0.1, 0.15) is 12.4 Å². The lowest BCUT2D eigenvalue weighted by Gasteiger charge is -2.10. The Bertz CT molecular complexity index is 959. The van der Waals surface area contributed by atoms with E-state index in [0.29, 0.717) is 46.1 Å². The molecule has 28 heavy (non-hydrogen) atoms. The number of rotatable bonds is 8. The SMILES string of the molecule is O=C(NCCCn1cc(Cl)cn1)c1cccc(COc2ccc(Cl)cc2Cl)c1. The summed E-state index contributed by atoms with van der Waals surface area (Å²) in [6, 6.07) is 12.3. The van der Waals surface area contributed by atoms with E-state index in [1.807, 2.05) is 12.1 Å². The van der Waals surface area contributed by atoms with E-state index in [1.165, 1.54) is 0 Å². The number of aryl methyl sites for hydroxylation is 1. The lowest BCUT2D eigenvalue weighted by Crippen LogP contribution is -2.25. The molecule has 146 valence electrons. The maximum atomic E-state index is 12.3. The molecule has 3 aromatic rings. The van der Waals surface area contributed by atoms with Crippen LogP contribution in [0.4, 0.5) is 0 Å². The summed E-state index contributed by atoms with van der Waals surface area (Å²) >= 11 is 17.8. The molecule has 0 spiro atoms. The molecular formula is C20H18Cl3N3O2. The molecule has 1 amide bonds. The van der Waals surface area contributed by atoms with E-state index in [9.17, 15) is 4.79 Å². The lowest BCUT2D eigenvalue weighted by molar-refractivity contribution is 0.0952. The van der Waals surface area contributed by atoms with Crippen LogP contribution < -0.4 is 10.1 Å². The standard InChI is InChI=1S/C20H18Cl3N3O2/c21-16-5-6-19(18(23)10-16)28-13-14-3-1-4-15(9-14)20(27)24-7-2-8-26-12-17(22)11-25-26/h1,3-6,9-12H,2,7-8,13H2,(H,24,27). The number of carbonyl (C=O) groups excluding carboxylic acids is 1. The third kappa shape index (κ3) is 5.89. The van der Waals surface area contributed by atoms with Crippen molar-refractivity contribution in [2.45, 2.75) is 19.6 Å². The summed E-state index contributed by atoms with van der Waals surface area (Å²) in [6.07, 6.45) is 4.09.